The molecule has 7 atom stereocenters. The standard InChI is InChI=1S/C37H51N3O6/c1-6-21-44-36(43)38-29-18-15-28(16-19-29)35-45-32(24(2)33(46-35)27-13-11-25(23-41)12-14-27)22-40-30-10-8-7-9-26(30)17-20-31(40)34(42)39-37(3,4)5/h6,11-16,18-19,24,26,30-33,35,41H,1,7-10,17,20-23H2,2-5H3,(H,38,43)(H,39,42)/t24-,26+,30+,31+,32+,33+,35+/m0/s1. The summed E-state index contributed by atoms with van der Waals surface area (Å²) in [6.45, 7) is 12.6. The number of carbonyl (C=O) groups is 2. The lowest BCUT2D eigenvalue weighted by Gasteiger charge is -2.51. The lowest BCUT2D eigenvalue weighted by Crippen LogP contribution is -2.61. The molecule has 0 spiro atoms. The number of piperidine rings is 1. The van der Waals surface area contributed by atoms with Gasteiger partial charge in [-0.25, -0.2) is 4.79 Å². The van der Waals surface area contributed by atoms with Crippen molar-refractivity contribution in [3.63, 3.8) is 0 Å². The number of amides is 2. The van der Waals surface area contributed by atoms with E-state index in [0.29, 0.717) is 24.2 Å². The molecule has 5 rings (SSSR count). The summed E-state index contributed by atoms with van der Waals surface area (Å²) < 4.78 is 18.5. The summed E-state index contributed by atoms with van der Waals surface area (Å²) in [4.78, 5) is 28.2. The maximum absolute atomic E-state index is 13.7. The summed E-state index contributed by atoms with van der Waals surface area (Å²) in [7, 11) is 0. The van der Waals surface area contributed by atoms with Crippen molar-refractivity contribution in [2.75, 3.05) is 18.5 Å². The van der Waals surface area contributed by atoms with Crippen LogP contribution in [-0.2, 0) is 25.6 Å². The summed E-state index contributed by atoms with van der Waals surface area (Å²) >= 11 is 0. The van der Waals surface area contributed by atoms with E-state index in [9.17, 15) is 14.7 Å². The molecule has 9 heteroatoms. The Kier molecular flexibility index (Phi) is 11.2. The zero-order chi connectivity index (χ0) is 32.8. The van der Waals surface area contributed by atoms with Crippen molar-refractivity contribution in [2.24, 2.45) is 11.8 Å². The third-order valence-corrected chi connectivity index (χ3v) is 9.58. The molecular weight excluding hydrogens is 582 g/mol. The van der Waals surface area contributed by atoms with E-state index in [1.54, 1.807) is 12.1 Å². The Balaban J connectivity index is 1.42. The monoisotopic (exact) mass is 633 g/mol. The molecule has 0 unspecified atom stereocenters. The maximum Gasteiger partial charge on any atom is 0.411 e. The first-order valence-electron chi connectivity index (χ1n) is 16.8. The number of rotatable bonds is 9. The number of hydrogen-bond acceptors (Lipinski definition) is 7. The fraction of sp³-hybridized carbons (Fsp3) is 0.568. The van der Waals surface area contributed by atoms with Crippen molar-refractivity contribution in [1.29, 1.82) is 0 Å². The predicted molar refractivity (Wildman–Crippen MR) is 178 cm³/mol. The Morgan fingerprint density at radius 1 is 1.00 bits per heavy atom. The first kappa shape index (κ1) is 34.1. The van der Waals surface area contributed by atoms with Crippen LogP contribution in [0.1, 0.15) is 95.3 Å². The van der Waals surface area contributed by atoms with E-state index in [2.05, 4.69) is 29.0 Å². The molecule has 0 aromatic heterocycles. The highest BCUT2D eigenvalue weighted by Crippen LogP contribution is 2.44. The molecule has 3 aliphatic rings. The average molecular weight is 634 g/mol. The van der Waals surface area contributed by atoms with E-state index in [-0.39, 0.29) is 48.8 Å². The van der Waals surface area contributed by atoms with Gasteiger partial charge in [0.25, 0.3) is 0 Å². The lowest BCUT2D eigenvalue weighted by molar-refractivity contribution is -0.278. The number of aliphatic hydroxyl groups excluding tert-OH is 1. The number of anilines is 1. The van der Waals surface area contributed by atoms with Crippen LogP contribution in [0.15, 0.2) is 61.2 Å². The quantitative estimate of drug-likeness (QED) is 0.266. The third kappa shape index (κ3) is 8.37. The van der Waals surface area contributed by atoms with Crippen LogP contribution in [0.25, 0.3) is 0 Å². The smallest absolute Gasteiger partial charge is 0.411 e. The molecule has 2 amide bonds. The van der Waals surface area contributed by atoms with E-state index in [1.165, 1.54) is 25.3 Å². The zero-order valence-electron chi connectivity index (χ0n) is 27.7. The third-order valence-electron chi connectivity index (χ3n) is 9.58. The van der Waals surface area contributed by atoms with Crippen molar-refractivity contribution in [3.05, 3.63) is 77.9 Å². The summed E-state index contributed by atoms with van der Waals surface area (Å²) in [6.07, 6.45) is 6.51. The second kappa shape index (κ2) is 15.1. The molecule has 2 heterocycles. The van der Waals surface area contributed by atoms with Gasteiger partial charge in [0.1, 0.15) is 6.61 Å². The minimum absolute atomic E-state index is 0.00732. The number of aliphatic hydroxyl groups is 1. The van der Waals surface area contributed by atoms with Gasteiger partial charge >= 0.3 is 6.09 Å². The van der Waals surface area contributed by atoms with Gasteiger partial charge in [0.05, 0.1) is 24.9 Å². The van der Waals surface area contributed by atoms with E-state index in [1.807, 2.05) is 57.2 Å². The fourth-order valence-corrected chi connectivity index (χ4v) is 7.28. The number of likely N-dealkylation sites (tertiary alicyclic amines) is 1. The normalized spacial score (nSPS) is 28.5. The Labute approximate surface area is 273 Å². The van der Waals surface area contributed by atoms with E-state index < -0.39 is 12.4 Å². The number of hydrogen-bond donors (Lipinski definition) is 3. The van der Waals surface area contributed by atoms with Crippen molar-refractivity contribution < 1.29 is 28.9 Å². The molecule has 46 heavy (non-hydrogen) atoms. The highest BCUT2D eigenvalue weighted by molar-refractivity contribution is 5.84. The van der Waals surface area contributed by atoms with Gasteiger partial charge < -0.3 is 24.6 Å². The fourth-order valence-electron chi connectivity index (χ4n) is 7.28. The van der Waals surface area contributed by atoms with E-state index in [4.69, 9.17) is 14.2 Å². The van der Waals surface area contributed by atoms with Crippen LogP contribution in [0.2, 0.25) is 0 Å². The SMILES string of the molecule is C=CCOC(=O)Nc1ccc([C@@H]2O[C@H](CN3[C@@H](C(=O)NC(C)(C)C)CC[C@H]4CCCC[C@H]43)[C@H](C)[C@H](c3ccc(CO)cc3)O2)cc1. The van der Waals surface area contributed by atoms with Crippen LogP contribution in [0, 0.1) is 11.8 Å². The Morgan fingerprint density at radius 2 is 1.70 bits per heavy atom. The molecule has 3 N–H and O–H groups in total. The number of carbonyl (C=O) groups excluding carboxylic acids is 2. The van der Waals surface area contributed by atoms with Crippen LogP contribution >= 0.6 is 0 Å². The van der Waals surface area contributed by atoms with Gasteiger partial charge in [-0.2, -0.15) is 0 Å². The highest BCUT2D eigenvalue weighted by Gasteiger charge is 2.46. The van der Waals surface area contributed by atoms with Crippen LogP contribution in [0.3, 0.4) is 0 Å². The molecule has 3 fully saturated rings. The highest BCUT2D eigenvalue weighted by atomic mass is 16.7. The molecule has 0 radical (unpaired) electrons. The van der Waals surface area contributed by atoms with Crippen LogP contribution in [0.5, 0.6) is 0 Å². The molecule has 2 saturated heterocycles. The van der Waals surface area contributed by atoms with Gasteiger partial charge in [0.2, 0.25) is 5.91 Å². The average Bonchev–Trinajstić information content (AvgIpc) is 3.04. The molecule has 0 bridgehead atoms. The Morgan fingerprint density at radius 3 is 2.37 bits per heavy atom. The number of nitrogens with one attached hydrogen (secondary N) is 2. The van der Waals surface area contributed by atoms with Crippen LogP contribution in [-0.4, -0.2) is 58.9 Å². The second-order valence-corrected chi connectivity index (χ2v) is 14.1. The van der Waals surface area contributed by atoms with Gasteiger partial charge in [0.15, 0.2) is 6.29 Å². The first-order chi connectivity index (χ1) is 22.1. The van der Waals surface area contributed by atoms with Crippen molar-refractivity contribution in [2.45, 2.75) is 109 Å². The molecule has 1 aliphatic carbocycles. The molecule has 9 nitrogen and oxygen atoms in total. The maximum atomic E-state index is 13.7. The van der Waals surface area contributed by atoms with Gasteiger partial charge in [0, 0.05) is 35.3 Å². The molecule has 2 aromatic carbocycles. The summed E-state index contributed by atoms with van der Waals surface area (Å²) in [6, 6.07) is 15.4. The Bertz CT molecular complexity index is 1320. The molecule has 2 aromatic rings. The number of nitrogens with zero attached hydrogens (tertiary/aromatic N) is 1. The van der Waals surface area contributed by atoms with Gasteiger partial charge in [-0.3, -0.25) is 15.0 Å². The summed E-state index contributed by atoms with van der Waals surface area (Å²) in [5, 5.41) is 15.6. The topological polar surface area (TPSA) is 109 Å². The van der Waals surface area contributed by atoms with Gasteiger partial charge in [-0.05, 0) is 75.6 Å². The minimum Gasteiger partial charge on any atom is -0.445 e. The van der Waals surface area contributed by atoms with Gasteiger partial charge in [-0.1, -0.05) is 68.8 Å². The van der Waals surface area contributed by atoms with Crippen LogP contribution < -0.4 is 10.6 Å². The molecule has 2 aliphatic heterocycles. The molecule has 250 valence electrons. The number of ether oxygens (including phenoxy) is 3. The second-order valence-electron chi connectivity index (χ2n) is 14.1. The number of benzene rings is 2. The molecule has 1 saturated carbocycles. The van der Waals surface area contributed by atoms with Gasteiger partial charge in [-0.15, -0.1) is 0 Å². The zero-order valence-corrected chi connectivity index (χ0v) is 27.7. The Hall–Kier alpha value is -3.24. The summed E-state index contributed by atoms with van der Waals surface area (Å²) in [5.74, 6) is 0.684. The predicted octanol–water partition coefficient (Wildman–Crippen LogP) is 6.64. The summed E-state index contributed by atoms with van der Waals surface area (Å²) in [5.41, 5.74) is 2.97. The van der Waals surface area contributed by atoms with Crippen LogP contribution in [0.4, 0.5) is 10.5 Å². The van der Waals surface area contributed by atoms with Crippen molar-refractivity contribution in [1.82, 2.24) is 10.2 Å². The van der Waals surface area contributed by atoms with E-state index >= 15 is 0 Å². The molecular formula is C37H51N3O6. The largest absolute Gasteiger partial charge is 0.445 e. The van der Waals surface area contributed by atoms with E-state index in [0.717, 1.165) is 36.0 Å². The number of fused-ring (bicyclic) bond motifs is 1. The first-order valence-corrected chi connectivity index (χ1v) is 16.8. The van der Waals surface area contributed by atoms with Crippen molar-refractivity contribution >= 4 is 17.7 Å². The van der Waals surface area contributed by atoms with Crippen molar-refractivity contribution in [3.8, 4) is 0 Å². The minimum atomic E-state index is -0.653. The lowest BCUT2D eigenvalue weighted by atomic mass is 9.75.